The molecule has 0 radical (unpaired) electrons. The van der Waals surface area contributed by atoms with Crippen LogP contribution in [0.4, 0.5) is 5.82 Å². The van der Waals surface area contributed by atoms with E-state index in [0.717, 1.165) is 43.7 Å². The lowest BCUT2D eigenvalue weighted by Gasteiger charge is -2.38. The van der Waals surface area contributed by atoms with Crippen molar-refractivity contribution in [3.8, 4) is 0 Å². The predicted molar refractivity (Wildman–Crippen MR) is 91.7 cm³/mol. The van der Waals surface area contributed by atoms with E-state index in [1.807, 2.05) is 25.1 Å². The predicted octanol–water partition coefficient (Wildman–Crippen LogP) is 1.63. The third kappa shape index (κ3) is 3.51. The topological polar surface area (TPSA) is 56.8 Å². The summed E-state index contributed by atoms with van der Waals surface area (Å²) in [6, 6.07) is 6.00. The van der Waals surface area contributed by atoms with Crippen LogP contribution >= 0.6 is 0 Å². The summed E-state index contributed by atoms with van der Waals surface area (Å²) < 4.78 is 28.7. The molecule has 6 nitrogen and oxygen atoms in total. The quantitative estimate of drug-likeness (QED) is 0.837. The summed E-state index contributed by atoms with van der Waals surface area (Å²) in [7, 11) is -1.60. The van der Waals surface area contributed by atoms with Crippen LogP contribution in [0.25, 0.3) is 0 Å². The Morgan fingerprint density at radius 2 is 1.91 bits per heavy atom. The number of pyridine rings is 1. The van der Waals surface area contributed by atoms with Gasteiger partial charge in [-0.2, -0.15) is 17.0 Å². The number of nitrogens with zero attached hydrogens (tertiary/aromatic N) is 4. The molecule has 7 heteroatoms. The molecule has 0 N–H and O–H groups in total. The maximum atomic E-state index is 12.7. The second kappa shape index (κ2) is 6.75. The van der Waals surface area contributed by atoms with Gasteiger partial charge in [-0.15, -0.1) is 0 Å². The second-order valence-electron chi connectivity index (χ2n) is 6.51. The van der Waals surface area contributed by atoms with E-state index in [1.54, 1.807) is 15.7 Å². The molecule has 1 aromatic heterocycles. The summed E-state index contributed by atoms with van der Waals surface area (Å²) in [6.07, 6.45) is 3.83. The van der Waals surface area contributed by atoms with Gasteiger partial charge in [0.15, 0.2) is 0 Å². The first kappa shape index (κ1) is 16.7. The number of rotatable bonds is 4. The zero-order valence-electron chi connectivity index (χ0n) is 14.0. The zero-order valence-corrected chi connectivity index (χ0v) is 14.8. The molecule has 2 aliphatic rings. The summed E-state index contributed by atoms with van der Waals surface area (Å²) in [5, 5.41) is 0. The molecular weight excluding hydrogens is 312 g/mol. The highest BCUT2D eigenvalue weighted by Gasteiger charge is 2.35. The van der Waals surface area contributed by atoms with Crippen LogP contribution in [0.2, 0.25) is 0 Å². The molecule has 0 aliphatic carbocycles. The van der Waals surface area contributed by atoms with Crippen LogP contribution in [-0.4, -0.2) is 61.3 Å². The lowest BCUT2D eigenvalue weighted by molar-refractivity contribution is 0.296. The van der Waals surface area contributed by atoms with Gasteiger partial charge >= 0.3 is 0 Å². The van der Waals surface area contributed by atoms with Gasteiger partial charge in [-0.1, -0.05) is 6.07 Å². The summed E-state index contributed by atoms with van der Waals surface area (Å²) >= 11 is 0. The Bertz CT molecular complexity index is 643. The Morgan fingerprint density at radius 3 is 2.61 bits per heavy atom. The SMILES string of the molecule is Cc1cccc(N2CCCC(N(C)S(=O)(=O)N3CCCC3)C2)n1. The maximum Gasteiger partial charge on any atom is 0.282 e. The van der Waals surface area contributed by atoms with Crippen molar-refractivity contribution in [1.82, 2.24) is 13.6 Å². The molecule has 0 amide bonds. The molecule has 0 bridgehead atoms. The highest BCUT2D eigenvalue weighted by Crippen LogP contribution is 2.24. The summed E-state index contributed by atoms with van der Waals surface area (Å²) in [6.45, 7) is 4.94. The Kier molecular flexibility index (Phi) is 4.89. The van der Waals surface area contributed by atoms with Gasteiger partial charge in [-0.05, 0) is 44.7 Å². The Balaban J connectivity index is 1.73. The van der Waals surface area contributed by atoms with E-state index in [1.165, 1.54) is 0 Å². The standard InChI is InChI=1S/C16H26N4O2S/c1-14-7-5-9-16(17-14)19-10-6-8-15(13-19)18(2)23(21,22)20-11-3-4-12-20/h5,7,9,15H,3-4,6,8,10-13H2,1-2H3. The second-order valence-corrected chi connectivity index (χ2v) is 8.50. The van der Waals surface area contributed by atoms with Crippen molar-refractivity contribution in [1.29, 1.82) is 0 Å². The van der Waals surface area contributed by atoms with Crippen LogP contribution in [0.5, 0.6) is 0 Å². The number of hydrogen-bond acceptors (Lipinski definition) is 4. The molecule has 3 rings (SSSR count). The highest BCUT2D eigenvalue weighted by atomic mass is 32.2. The molecule has 0 aromatic carbocycles. The molecule has 1 unspecified atom stereocenters. The third-order valence-corrected chi connectivity index (χ3v) is 6.91. The van der Waals surface area contributed by atoms with Crippen molar-refractivity contribution in [3.63, 3.8) is 0 Å². The van der Waals surface area contributed by atoms with E-state index in [2.05, 4.69) is 9.88 Å². The van der Waals surface area contributed by atoms with Crippen LogP contribution in [0.1, 0.15) is 31.4 Å². The Hall–Kier alpha value is -1.18. The van der Waals surface area contributed by atoms with Crippen molar-refractivity contribution in [2.24, 2.45) is 0 Å². The van der Waals surface area contributed by atoms with Gasteiger partial charge in [0.2, 0.25) is 0 Å². The van der Waals surface area contributed by atoms with Crippen LogP contribution in [0.3, 0.4) is 0 Å². The van der Waals surface area contributed by atoms with Gasteiger partial charge in [-0.3, -0.25) is 0 Å². The monoisotopic (exact) mass is 338 g/mol. The van der Waals surface area contributed by atoms with Gasteiger partial charge in [0.05, 0.1) is 0 Å². The van der Waals surface area contributed by atoms with E-state index in [0.29, 0.717) is 19.6 Å². The van der Waals surface area contributed by atoms with Gasteiger partial charge in [0, 0.05) is 45.0 Å². The minimum atomic E-state index is -3.33. The maximum absolute atomic E-state index is 12.7. The molecule has 1 atom stereocenters. The summed E-state index contributed by atoms with van der Waals surface area (Å²) in [4.78, 5) is 6.78. The molecule has 2 fully saturated rings. The molecule has 3 heterocycles. The number of piperidine rings is 1. The zero-order chi connectivity index (χ0) is 16.4. The third-order valence-electron chi connectivity index (χ3n) is 4.86. The average molecular weight is 338 g/mol. The fourth-order valence-electron chi connectivity index (χ4n) is 3.45. The van der Waals surface area contributed by atoms with Crippen molar-refractivity contribution in [2.75, 3.05) is 38.1 Å². The molecule has 128 valence electrons. The number of hydrogen-bond donors (Lipinski definition) is 0. The average Bonchev–Trinajstić information content (AvgIpc) is 3.09. The molecule has 2 aliphatic heterocycles. The van der Waals surface area contributed by atoms with Crippen LogP contribution in [0, 0.1) is 6.92 Å². The largest absolute Gasteiger partial charge is 0.355 e. The molecule has 1 aromatic rings. The summed E-state index contributed by atoms with van der Waals surface area (Å²) in [5.41, 5.74) is 0.989. The Labute approximate surface area is 139 Å². The molecule has 23 heavy (non-hydrogen) atoms. The molecule has 0 spiro atoms. The van der Waals surface area contributed by atoms with E-state index >= 15 is 0 Å². The number of likely N-dealkylation sites (N-methyl/N-ethyl adjacent to an activating group) is 1. The normalized spacial score (nSPS) is 23.6. The van der Waals surface area contributed by atoms with Crippen molar-refractivity contribution in [2.45, 2.75) is 38.6 Å². The van der Waals surface area contributed by atoms with Gasteiger partial charge in [-0.25, -0.2) is 4.98 Å². The fraction of sp³-hybridized carbons (Fsp3) is 0.688. The van der Waals surface area contributed by atoms with Crippen LogP contribution in [0.15, 0.2) is 18.2 Å². The highest BCUT2D eigenvalue weighted by molar-refractivity contribution is 7.86. The smallest absolute Gasteiger partial charge is 0.282 e. The van der Waals surface area contributed by atoms with Crippen LogP contribution in [-0.2, 0) is 10.2 Å². The lowest BCUT2D eigenvalue weighted by Crippen LogP contribution is -2.52. The summed E-state index contributed by atoms with van der Waals surface area (Å²) in [5.74, 6) is 0.946. The van der Waals surface area contributed by atoms with Gasteiger partial charge in [0.1, 0.15) is 5.82 Å². The van der Waals surface area contributed by atoms with Crippen molar-refractivity contribution in [3.05, 3.63) is 23.9 Å². The van der Waals surface area contributed by atoms with E-state index in [9.17, 15) is 8.42 Å². The first-order valence-corrected chi connectivity index (χ1v) is 9.80. The molecule has 2 saturated heterocycles. The Morgan fingerprint density at radius 1 is 1.17 bits per heavy atom. The van der Waals surface area contributed by atoms with E-state index < -0.39 is 10.2 Å². The van der Waals surface area contributed by atoms with Crippen molar-refractivity contribution < 1.29 is 8.42 Å². The number of aryl methyl sites for hydroxylation is 1. The molecule has 0 saturated carbocycles. The number of aromatic nitrogens is 1. The minimum absolute atomic E-state index is 0.0108. The first-order valence-electron chi connectivity index (χ1n) is 8.40. The van der Waals surface area contributed by atoms with E-state index in [-0.39, 0.29) is 6.04 Å². The number of anilines is 1. The molecular formula is C16H26N4O2S. The fourth-order valence-corrected chi connectivity index (χ4v) is 5.09. The van der Waals surface area contributed by atoms with Gasteiger partial charge in [0.25, 0.3) is 10.2 Å². The van der Waals surface area contributed by atoms with Gasteiger partial charge < -0.3 is 4.90 Å². The van der Waals surface area contributed by atoms with E-state index in [4.69, 9.17) is 0 Å². The minimum Gasteiger partial charge on any atom is -0.355 e. The lowest BCUT2D eigenvalue weighted by atomic mass is 10.1. The first-order chi connectivity index (χ1) is 11.0. The van der Waals surface area contributed by atoms with Crippen molar-refractivity contribution >= 4 is 16.0 Å². The van der Waals surface area contributed by atoms with Crippen LogP contribution < -0.4 is 4.90 Å².